The maximum Gasteiger partial charge on any atom is 0.158 e. The Balaban J connectivity index is 2.56. The van der Waals surface area contributed by atoms with Gasteiger partial charge in [-0.15, -0.1) is 5.10 Å². The largest absolute Gasteiger partial charge is 0.389 e. The molecule has 0 aliphatic rings. The highest BCUT2D eigenvalue weighted by Gasteiger charge is 2.05. The molecule has 1 rings (SSSR count). The summed E-state index contributed by atoms with van der Waals surface area (Å²) >= 11 is 6.74. The minimum absolute atomic E-state index is 0.345. The molecule has 1 aromatic heterocycles. The maximum atomic E-state index is 5.56. The smallest absolute Gasteiger partial charge is 0.158 e. The Bertz CT molecular complexity index is 330. The van der Waals surface area contributed by atoms with Gasteiger partial charge in [0.15, 0.2) is 5.82 Å². The highest BCUT2D eigenvalue weighted by atomic mass is 32.2. The van der Waals surface area contributed by atoms with Crippen molar-refractivity contribution in [3.63, 3.8) is 0 Å². The van der Waals surface area contributed by atoms with E-state index in [0.717, 1.165) is 24.3 Å². The summed E-state index contributed by atoms with van der Waals surface area (Å²) in [5.41, 5.74) is 6.32. The van der Waals surface area contributed by atoms with E-state index in [0.29, 0.717) is 10.8 Å². The minimum Gasteiger partial charge on any atom is -0.389 e. The van der Waals surface area contributed by atoms with Gasteiger partial charge in [0.2, 0.25) is 0 Å². The molecule has 15 heavy (non-hydrogen) atoms. The van der Waals surface area contributed by atoms with Crippen molar-refractivity contribution in [2.45, 2.75) is 6.42 Å². The SMILES string of the molecule is CSCCCNc1nnccc1C(N)=S. The first kappa shape index (κ1) is 12.2. The third-order valence-electron chi connectivity index (χ3n) is 1.80. The third kappa shape index (κ3) is 4.01. The second-order valence-electron chi connectivity index (χ2n) is 2.93. The number of thiocarbonyl (C=S) groups is 1. The second kappa shape index (κ2) is 6.58. The fourth-order valence-corrected chi connectivity index (χ4v) is 1.68. The lowest BCUT2D eigenvalue weighted by Gasteiger charge is -2.07. The Morgan fingerprint density at radius 3 is 3.13 bits per heavy atom. The molecule has 3 N–H and O–H groups in total. The lowest BCUT2D eigenvalue weighted by molar-refractivity contribution is 0.950. The van der Waals surface area contributed by atoms with Crippen LogP contribution in [0.3, 0.4) is 0 Å². The Kier molecular flexibility index (Phi) is 5.34. The standard InChI is InChI=1S/C9H14N4S2/c1-15-6-2-4-11-9-7(8(10)14)3-5-12-13-9/h3,5H,2,4,6H2,1H3,(H2,10,14)(H,11,13). The van der Waals surface area contributed by atoms with E-state index in [1.807, 2.05) is 11.8 Å². The maximum absolute atomic E-state index is 5.56. The van der Waals surface area contributed by atoms with E-state index in [1.165, 1.54) is 0 Å². The molecule has 0 aliphatic heterocycles. The molecular formula is C9H14N4S2. The fraction of sp³-hybridized carbons (Fsp3) is 0.444. The quantitative estimate of drug-likeness (QED) is 0.579. The van der Waals surface area contributed by atoms with Crippen LogP contribution in [0.5, 0.6) is 0 Å². The molecule has 1 aromatic rings. The van der Waals surface area contributed by atoms with Crippen molar-refractivity contribution in [2.75, 3.05) is 23.9 Å². The molecule has 0 unspecified atom stereocenters. The molecule has 0 fully saturated rings. The predicted octanol–water partition coefficient (Wildman–Crippen LogP) is 1.28. The zero-order valence-electron chi connectivity index (χ0n) is 8.56. The molecule has 4 nitrogen and oxygen atoms in total. The average Bonchev–Trinajstić information content (AvgIpc) is 2.25. The summed E-state index contributed by atoms with van der Waals surface area (Å²) in [5, 5.41) is 10.9. The molecule has 6 heteroatoms. The van der Waals surface area contributed by atoms with E-state index in [-0.39, 0.29) is 0 Å². The van der Waals surface area contributed by atoms with Crippen molar-refractivity contribution in [2.24, 2.45) is 5.73 Å². The normalized spacial score (nSPS) is 9.93. The lowest BCUT2D eigenvalue weighted by atomic mass is 10.3. The van der Waals surface area contributed by atoms with Crippen LogP contribution in [0, 0.1) is 0 Å². The zero-order chi connectivity index (χ0) is 11.1. The number of aromatic nitrogens is 2. The third-order valence-corrected chi connectivity index (χ3v) is 2.72. The van der Waals surface area contributed by atoms with E-state index in [4.69, 9.17) is 18.0 Å². The summed E-state index contributed by atoms with van der Waals surface area (Å²) in [7, 11) is 0. The number of rotatable bonds is 6. The van der Waals surface area contributed by atoms with Crippen molar-refractivity contribution in [1.82, 2.24) is 10.2 Å². The van der Waals surface area contributed by atoms with Gasteiger partial charge in [-0.3, -0.25) is 0 Å². The Morgan fingerprint density at radius 1 is 1.67 bits per heavy atom. The minimum atomic E-state index is 0.345. The van der Waals surface area contributed by atoms with Crippen LogP contribution < -0.4 is 11.1 Å². The summed E-state index contributed by atoms with van der Waals surface area (Å²) in [5.74, 6) is 1.79. The predicted molar refractivity (Wildman–Crippen MR) is 69.4 cm³/mol. The van der Waals surface area contributed by atoms with E-state index >= 15 is 0 Å². The van der Waals surface area contributed by atoms with Crippen LogP contribution in [0.1, 0.15) is 12.0 Å². The molecule has 0 saturated carbocycles. The highest BCUT2D eigenvalue weighted by molar-refractivity contribution is 7.98. The molecular weight excluding hydrogens is 228 g/mol. The number of anilines is 1. The first-order valence-electron chi connectivity index (χ1n) is 4.60. The second-order valence-corrected chi connectivity index (χ2v) is 4.36. The van der Waals surface area contributed by atoms with Gasteiger partial charge in [0.25, 0.3) is 0 Å². The summed E-state index contributed by atoms with van der Waals surface area (Å²) in [6.07, 6.45) is 4.75. The molecule has 0 atom stereocenters. The Morgan fingerprint density at radius 2 is 2.47 bits per heavy atom. The molecule has 0 amide bonds. The van der Waals surface area contributed by atoms with E-state index in [9.17, 15) is 0 Å². The topological polar surface area (TPSA) is 63.8 Å². The number of hydrogen-bond donors (Lipinski definition) is 2. The summed E-state index contributed by atoms with van der Waals surface area (Å²) in [6.45, 7) is 0.856. The van der Waals surface area contributed by atoms with Crippen LogP contribution >= 0.6 is 24.0 Å². The van der Waals surface area contributed by atoms with Gasteiger partial charge in [-0.25, -0.2) is 0 Å². The van der Waals surface area contributed by atoms with Crippen molar-refractivity contribution in [3.05, 3.63) is 17.8 Å². The van der Waals surface area contributed by atoms with Crippen LogP contribution in [0.15, 0.2) is 12.3 Å². The number of nitrogens with zero attached hydrogens (tertiary/aromatic N) is 2. The number of hydrogen-bond acceptors (Lipinski definition) is 5. The average molecular weight is 242 g/mol. The van der Waals surface area contributed by atoms with Crippen molar-refractivity contribution < 1.29 is 0 Å². The first-order chi connectivity index (χ1) is 7.25. The van der Waals surface area contributed by atoms with E-state index in [1.54, 1.807) is 12.3 Å². The summed E-state index contributed by atoms with van der Waals surface area (Å²) < 4.78 is 0. The highest BCUT2D eigenvalue weighted by Crippen LogP contribution is 2.09. The molecule has 82 valence electrons. The molecule has 1 heterocycles. The Labute approximate surface area is 99.0 Å². The van der Waals surface area contributed by atoms with Gasteiger partial charge in [-0.2, -0.15) is 16.9 Å². The van der Waals surface area contributed by atoms with Crippen LogP contribution in [0.25, 0.3) is 0 Å². The van der Waals surface area contributed by atoms with Gasteiger partial charge >= 0.3 is 0 Å². The monoisotopic (exact) mass is 242 g/mol. The summed E-state index contributed by atoms with van der Waals surface area (Å²) in [4.78, 5) is 0.345. The fourth-order valence-electron chi connectivity index (χ4n) is 1.08. The molecule has 0 bridgehead atoms. The van der Waals surface area contributed by atoms with Crippen LogP contribution in [0.4, 0.5) is 5.82 Å². The molecule has 0 saturated heterocycles. The molecule has 0 radical (unpaired) electrons. The Hall–Kier alpha value is -0.880. The number of thioether (sulfide) groups is 1. The van der Waals surface area contributed by atoms with Gasteiger partial charge < -0.3 is 11.1 Å². The van der Waals surface area contributed by atoms with Crippen LogP contribution in [-0.4, -0.2) is 33.7 Å². The van der Waals surface area contributed by atoms with E-state index < -0.39 is 0 Å². The molecule has 0 aliphatic carbocycles. The van der Waals surface area contributed by atoms with Crippen LogP contribution in [0.2, 0.25) is 0 Å². The van der Waals surface area contributed by atoms with Gasteiger partial charge in [-0.1, -0.05) is 12.2 Å². The van der Waals surface area contributed by atoms with Crippen molar-refractivity contribution in [1.29, 1.82) is 0 Å². The molecule has 0 spiro atoms. The van der Waals surface area contributed by atoms with Crippen LogP contribution in [-0.2, 0) is 0 Å². The number of nitrogens with two attached hydrogens (primary N) is 1. The van der Waals surface area contributed by atoms with Gasteiger partial charge in [0.05, 0.1) is 11.8 Å². The lowest BCUT2D eigenvalue weighted by Crippen LogP contribution is -2.15. The van der Waals surface area contributed by atoms with Gasteiger partial charge in [0, 0.05) is 6.54 Å². The molecule has 0 aromatic carbocycles. The first-order valence-corrected chi connectivity index (χ1v) is 6.40. The summed E-state index contributed by atoms with van der Waals surface area (Å²) in [6, 6.07) is 1.77. The van der Waals surface area contributed by atoms with Gasteiger partial charge in [0.1, 0.15) is 4.99 Å². The zero-order valence-corrected chi connectivity index (χ0v) is 10.2. The van der Waals surface area contributed by atoms with Gasteiger partial charge in [-0.05, 0) is 24.5 Å². The van der Waals surface area contributed by atoms with E-state index in [2.05, 4.69) is 21.8 Å². The van der Waals surface area contributed by atoms with Crippen molar-refractivity contribution in [3.8, 4) is 0 Å². The number of nitrogens with one attached hydrogen (secondary N) is 1. The van der Waals surface area contributed by atoms with Crippen molar-refractivity contribution >= 4 is 34.8 Å².